The van der Waals surface area contributed by atoms with Crippen molar-refractivity contribution in [2.45, 2.75) is 39.5 Å². The maximum absolute atomic E-state index is 5.97. The van der Waals surface area contributed by atoms with Crippen molar-refractivity contribution in [3.8, 4) is 10.1 Å². The predicted molar refractivity (Wildman–Crippen MR) is 133 cm³/mol. The molecule has 0 bridgehead atoms. The van der Waals surface area contributed by atoms with Crippen molar-refractivity contribution in [3.05, 3.63) is 48.5 Å². The summed E-state index contributed by atoms with van der Waals surface area (Å²) in [5.74, 6) is 0. The van der Waals surface area contributed by atoms with Crippen molar-refractivity contribution in [1.82, 2.24) is 0 Å². The SMILES string of the molecule is CCCCOc1cc2c(ccc3c2ccc2c4cc(OCCCC)sc4ccc23)s1. The smallest absolute Gasteiger partial charge is 0.174 e. The van der Waals surface area contributed by atoms with E-state index in [4.69, 9.17) is 9.47 Å². The molecule has 0 aliphatic heterocycles. The summed E-state index contributed by atoms with van der Waals surface area (Å²) in [6, 6.07) is 18.0. The molecule has 3 aromatic carbocycles. The maximum Gasteiger partial charge on any atom is 0.174 e. The fraction of sp³-hybridized carbons (Fsp3) is 0.308. The van der Waals surface area contributed by atoms with Gasteiger partial charge in [0.2, 0.25) is 0 Å². The second kappa shape index (κ2) is 8.44. The van der Waals surface area contributed by atoms with Gasteiger partial charge in [0.25, 0.3) is 0 Å². The van der Waals surface area contributed by atoms with E-state index in [1.807, 2.05) is 0 Å². The molecule has 2 heterocycles. The summed E-state index contributed by atoms with van der Waals surface area (Å²) >= 11 is 3.49. The first-order chi connectivity index (χ1) is 14.8. The van der Waals surface area contributed by atoms with Gasteiger partial charge in [-0.3, -0.25) is 0 Å². The third kappa shape index (κ3) is 3.52. The third-order valence-corrected chi connectivity index (χ3v) is 7.66. The highest BCUT2D eigenvalue weighted by Gasteiger charge is 2.12. The van der Waals surface area contributed by atoms with Crippen LogP contribution in [0.3, 0.4) is 0 Å². The summed E-state index contributed by atoms with van der Waals surface area (Å²) in [6.07, 6.45) is 4.51. The third-order valence-electron chi connectivity index (χ3n) is 5.63. The predicted octanol–water partition coefficient (Wildman–Crippen LogP) is 8.78. The minimum atomic E-state index is 0.795. The zero-order chi connectivity index (χ0) is 20.5. The van der Waals surface area contributed by atoms with Crippen molar-refractivity contribution in [2.75, 3.05) is 13.2 Å². The highest BCUT2D eigenvalue weighted by Crippen LogP contribution is 2.42. The number of rotatable bonds is 8. The zero-order valence-electron chi connectivity index (χ0n) is 17.5. The maximum atomic E-state index is 5.97. The zero-order valence-corrected chi connectivity index (χ0v) is 19.1. The molecule has 0 saturated heterocycles. The van der Waals surface area contributed by atoms with Gasteiger partial charge in [0, 0.05) is 32.3 Å². The number of thiophene rings is 2. The van der Waals surface area contributed by atoms with Crippen LogP contribution in [0.25, 0.3) is 41.7 Å². The molecule has 0 radical (unpaired) electrons. The Balaban J connectivity index is 1.59. The number of unbranched alkanes of at least 4 members (excludes halogenated alkanes) is 2. The number of fused-ring (bicyclic) bond motifs is 7. The Morgan fingerprint density at radius 2 is 0.967 bits per heavy atom. The van der Waals surface area contributed by atoms with Gasteiger partial charge in [-0.25, -0.2) is 0 Å². The summed E-state index contributed by atoms with van der Waals surface area (Å²) in [5, 5.41) is 9.84. The lowest BCUT2D eigenvalue weighted by Crippen LogP contribution is -1.93. The lowest BCUT2D eigenvalue weighted by Gasteiger charge is -2.06. The van der Waals surface area contributed by atoms with E-state index in [9.17, 15) is 0 Å². The molecule has 0 fully saturated rings. The fourth-order valence-corrected chi connectivity index (χ4v) is 5.89. The first kappa shape index (κ1) is 19.7. The fourth-order valence-electron chi connectivity index (χ4n) is 3.99. The van der Waals surface area contributed by atoms with Crippen molar-refractivity contribution < 1.29 is 9.47 Å². The van der Waals surface area contributed by atoms with Gasteiger partial charge in [0.15, 0.2) is 10.1 Å². The number of benzene rings is 3. The standard InChI is InChI=1S/C26H26O2S2/c1-3-5-13-27-25-15-21-19-7-8-20-18(17(19)9-11-23(21)29-25)10-12-24-22(20)16-26(30-24)28-14-6-4-2/h7-12,15-16H,3-6,13-14H2,1-2H3. The van der Waals surface area contributed by atoms with Gasteiger partial charge < -0.3 is 9.47 Å². The molecule has 0 atom stereocenters. The summed E-state index contributed by atoms with van der Waals surface area (Å²) in [5.41, 5.74) is 0. The average Bonchev–Trinajstić information content (AvgIpc) is 3.37. The Morgan fingerprint density at radius 1 is 0.567 bits per heavy atom. The minimum Gasteiger partial charge on any atom is -0.484 e. The van der Waals surface area contributed by atoms with Crippen LogP contribution in [0.5, 0.6) is 10.1 Å². The van der Waals surface area contributed by atoms with Gasteiger partial charge in [-0.15, -0.1) is 0 Å². The molecule has 0 aliphatic rings. The molecule has 0 unspecified atom stereocenters. The quantitative estimate of drug-likeness (QED) is 0.179. The molecular formula is C26H26O2S2. The molecule has 5 rings (SSSR count). The first-order valence-electron chi connectivity index (χ1n) is 10.9. The normalized spacial score (nSPS) is 11.8. The number of ether oxygens (including phenoxy) is 2. The van der Waals surface area contributed by atoms with Gasteiger partial charge in [0.05, 0.1) is 13.2 Å². The molecule has 0 saturated carbocycles. The number of hydrogen-bond donors (Lipinski definition) is 0. The topological polar surface area (TPSA) is 18.5 Å². The summed E-state index contributed by atoms with van der Waals surface area (Å²) in [7, 11) is 0. The molecular weight excluding hydrogens is 408 g/mol. The van der Waals surface area contributed by atoms with Gasteiger partial charge >= 0.3 is 0 Å². The van der Waals surface area contributed by atoms with Crippen molar-refractivity contribution in [2.24, 2.45) is 0 Å². The Bertz CT molecular complexity index is 1230. The molecule has 0 amide bonds. The van der Waals surface area contributed by atoms with Crippen LogP contribution in [0, 0.1) is 0 Å². The average molecular weight is 435 g/mol. The van der Waals surface area contributed by atoms with Crippen LogP contribution < -0.4 is 9.47 Å². The van der Waals surface area contributed by atoms with E-state index in [0.717, 1.165) is 49.0 Å². The Morgan fingerprint density at radius 3 is 1.40 bits per heavy atom. The van der Waals surface area contributed by atoms with E-state index in [2.05, 4.69) is 62.4 Å². The van der Waals surface area contributed by atoms with Crippen LogP contribution in [0.15, 0.2) is 48.5 Å². The molecule has 2 aromatic heterocycles. The van der Waals surface area contributed by atoms with Gasteiger partial charge in [-0.1, -0.05) is 73.6 Å². The van der Waals surface area contributed by atoms with Gasteiger partial charge in [0.1, 0.15) is 0 Å². The molecule has 154 valence electrons. The number of hydrogen-bond acceptors (Lipinski definition) is 4. The van der Waals surface area contributed by atoms with E-state index >= 15 is 0 Å². The van der Waals surface area contributed by atoms with Crippen LogP contribution in [-0.2, 0) is 0 Å². The molecule has 5 aromatic rings. The van der Waals surface area contributed by atoms with Crippen molar-refractivity contribution in [1.29, 1.82) is 0 Å². The Hall–Kier alpha value is -2.30. The highest BCUT2D eigenvalue weighted by atomic mass is 32.1. The second-order valence-corrected chi connectivity index (χ2v) is 9.84. The molecule has 0 spiro atoms. The van der Waals surface area contributed by atoms with Crippen LogP contribution in [0.1, 0.15) is 39.5 Å². The Labute approximate surface area is 185 Å². The lowest BCUT2D eigenvalue weighted by molar-refractivity contribution is 0.318. The van der Waals surface area contributed by atoms with Gasteiger partial charge in [-0.2, -0.15) is 0 Å². The first-order valence-corrected chi connectivity index (χ1v) is 12.5. The van der Waals surface area contributed by atoms with Crippen LogP contribution in [0.4, 0.5) is 0 Å². The summed E-state index contributed by atoms with van der Waals surface area (Å²) < 4.78 is 14.5. The molecule has 0 aliphatic carbocycles. The lowest BCUT2D eigenvalue weighted by atomic mass is 9.98. The largest absolute Gasteiger partial charge is 0.484 e. The van der Waals surface area contributed by atoms with E-state index in [0.29, 0.717) is 0 Å². The second-order valence-electron chi connectivity index (χ2n) is 7.75. The van der Waals surface area contributed by atoms with E-state index in [-0.39, 0.29) is 0 Å². The van der Waals surface area contributed by atoms with E-state index < -0.39 is 0 Å². The van der Waals surface area contributed by atoms with E-state index in [1.54, 1.807) is 22.7 Å². The molecule has 2 nitrogen and oxygen atoms in total. The van der Waals surface area contributed by atoms with Crippen molar-refractivity contribution in [3.63, 3.8) is 0 Å². The Kier molecular flexibility index (Phi) is 5.53. The monoisotopic (exact) mass is 434 g/mol. The summed E-state index contributed by atoms with van der Waals surface area (Å²) in [6.45, 7) is 5.97. The van der Waals surface area contributed by atoms with Gasteiger partial charge in [-0.05, 0) is 46.5 Å². The molecule has 0 N–H and O–H groups in total. The van der Waals surface area contributed by atoms with Crippen molar-refractivity contribution >= 4 is 64.4 Å². The van der Waals surface area contributed by atoms with Crippen LogP contribution in [0.2, 0.25) is 0 Å². The van der Waals surface area contributed by atoms with Crippen LogP contribution in [-0.4, -0.2) is 13.2 Å². The van der Waals surface area contributed by atoms with E-state index in [1.165, 1.54) is 41.7 Å². The molecule has 4 heteroatoms. The molecule has 30 heavy (non-hydrogen) atoms. The highest BCUT2D eigenvalue weighted by molar-refractivity contribution is 7.21. The van der Waals surface area contributed by atoms with Crippen LogP contribution >= 0.6 is 22.7 Å². The minimum absolute atomic E-state index is 0.795. The summed E-state index contributed by atoms with van der Waals surface area (Å²) in [4.78, 5) is 0.